The highest BCUT2D eigenvalue weighted by molar-refractivity contribution is 5.47. The maximum atomic E-state index is 13.5. The minimum atomic E-state index is -4.64. The first-order chi connectivity index (χ1) is 9.77. The van der Waals surface area contributed by atoms with Crippen LogP contribution in [-0.4, -0.2) is 0 Å². The highest BCUT2D eigenvalue weighted by Gasteiger charge is 2.31. The van der Waals surface area contributed by atoms with Crippen molar-refractivity contribution in [3.05, 3.63) is 65.0 Å². The number of rotatable bonds is 3. The lowest BCUT2D eigenvalue weighted by molar-refractivity contribution is -0.137. The third-order valence-corrected chi connectivity index (χ3v) is 2.77. The third-order valence-electron chi connectivity index (χ3n) is 2.77. The molecule has 0 aliphatic heterocycles. The summed E-state index contributed by atoms with van der Waals surface area (Å²) in [6, 6.07) is 4.70. The molecule has 0 aromatic heterocycles. The van der Waals surface area contributed by atoms with Gasteiger partial charge in [-0.1, -0.05) is 0 Å². The number of alkyl halides is 3. The number of halogens is 6. The molecule has 2 rings (SSSR count). The van der Waals surface area contributed by atoms with Crippen LogP contribution in [-0.2, 0) is 12.7 Å². The fraction of sp³-hybridized carbons (Fsp3) is 0.143. The van der Waals surface area contributed by atoms with Gasteiger partial charge < -0.3 is 5.32 Å². The zero-order valence-corrected chi connectivity index (χ0v) is 10.4. The maximum absolute atomic E-state index is 13.5. The van der Waals surface area contributed by atoms with E-state index in [-0.39, 0.29) is 17.8 Å². The van der Waals surface area contributed by atoms with Crippen LogP contribution in [0.2, 0.25) is 0 Å². The molecule has 0 spiro atoms. The van der Waals surface area contributed by atoms with Gasteiger partial charge in [0.2, 0.25) is 0 Å². The molecule has 7 heteroatoms. The molecule has 0 fully saturated rings. The quantitative estimate of drug-likeness (QED) is 0.808. The van der Waals surface area contributed by atoms with Crippen LogP contribution in [0.4, 0.5) is 32.0 Å². The normalized spacial score (nSPS) is 11.5. The average molecular weight is 305 g/mol. The molecule has 1 N–H and O–H groups in total. The van der Waals surface area contributed by atoms with Crippen LogP contribution >= 0.6 is 0 Å². The molecular weight excluding hydrogens is 296 g/mol. The Balaban J connectivity index is 2.15. The predicted molar refractivity (Wildman–Crippen MR) is 65.1 cm³/mol. The first kappa shape index (κ1) is 15.2. The summed E-state index contributed by atoms with van der Waals surface area (Å²) in [5, 5.41) is 2.43. The largest absolute Gasteiger partial charge is 0.416 e. The summed E-state index contributed by atoms with van der Waals surface area (Å²) >= 11 is 0. The van der Waals surface area contributed by atoms with E-state index < -0.39 is 29.2 Å². The van der Waals surface area contributed by atoms with E-state index in [0.29, 0.717) is 12.1 Å². The Kier molecular flexibility index (Phi) is 4.11. The number of benzene rings is 2. The molecule has 0 unspecified atom stereocenters. The van der Waals surface area contributed by atoms with Gasteiger partial charge in [0.05, 0.1) is 11.3 Å². The van der Waals surface area contributed by atoms with Gasteiger partial charge in [-0.05, 0) is 36.4 Å². The van der Waals surface area contributed by atoms with Gasteiger partial charge in [-0.25, -0.2) is 13.2 Å². The second-order valence-electron chi connectivity index (χ2n) is 4.28. The van der Waals surface area contributed by atoms with Crippen LogP contribution in [0.1, 0.15) is 11.1 Å². The average Bonchev–Trinajstić information content (AvgIpc) is 2.40. The van der Waals surface area contributed by atoms with Gasteiger partial charge in [0, 0.05) is 12.1 Å². The molecule has 0 radical (unpaired) electrons. The van der Waals surface area contributed by atoms with E-state index in [9.17, 15) is 26.3 Å². The van der Waals surface area contributed by atoms with Gasteiger partial charge in [0.1, 0.15) is 17.5 Å². The fourth-order valence-corrected chi connectivity index (χ4v) is 1.70. The molecule has 0 aliphatic rings. The van der Waals surface area contributed by atoms with Gasteiger partial charge in [0.25, 0.3) is 0 Å². The summed E-state index contributed by atoms with van der Waals surface area (Å²) in [4.78, 5) is 0. The van der Waals surface area contributed by atoms with Gasteiger partial charge in [-0.3, -0.25) is 0 Å². The first-order valence-corrected chi connectivity index (χ1v) is 5.82. The van der Waals surface area contributed by atoms with Crippen LogP contribution in [0.3, 0.4) is 0 Å². The molecule has 1 nitrogen and oxygen atoms in total. The van der Waals surface area contributed by atoms with E-state index in [1.165, 1.54) is 0 Å². The topological polar surface area (TPSA) is 12.0 Å². The van der Waals surface area contributed by atoms with Crippen molar-refractivity contribution >= 4 is 5.69 Å². The summed E-state index contributed by atoms with van der Waals surface area (Å²) in [5.41, 5.74) is -1.41. The highest BCUT2D eigenvalue weighted by Crippen LogP contribution is 2.31. The summed E-state index contributed by atoms with van der Waals surface area (Å²) < 4.78 is 76.9. The molecule has 0 bridgehead atoms. The molecule has 0 amide bonds. The molecule has 0 heterocycles. The summed E-state index contributed by atoms with van der Waals surface area (Å²) in [5.74, 6) is -2.49. The van der Waals surface area contributed by atoms with Crippen molar-refractivity contribution in [1.82, 2.24) is 0 Å². The second kappa shape index (κ2) is 5.67. The minimum absolute atomic E-state index is 0.0608. The molecule has 0 aliphatic carbocycles. The standard InChI is InChI=1S/C14H9F6N/c15-10-2-3-11(16)8(5-10)7-21-13-4-1-9(6-12(13)17)14(18,19)20/h1-6,21H,7H2. The predicted octanol–water partition coefficient (Wildman–Crippen LogP) is 4.73. The monoisotopic (exact) mass is 305 g/mol. The Labute approximate surface area is 116 Å². The number of hydrogen-bond donors (Lipinski definition) is 1. The lowest BCUT2D eigenvalue weighted by Gasteiger charge is -2.11. The van der Waals surface area contributed by atoms with Crippen molar-refractivity contribution in [3.8, 4) is 0 Å². The molecule has 21 heavy (non-hydrogen) atoms. The van der Waals surface area contributed by atoms with Gasteiger partial charge >= 0.3 is 6.18 Å². The van der Waals surface area contributed by atoms with Gasteiger partial charge in [-0.2, -0.15) is 13.2 Å². The zero-order valence-electron chi connectivity index (χ0n) is 10.4. The maximum Gasteiger partial charge on any atom is 0.416 e. The van der Waals surface area contributed by atoms with E-state index >= 15 is 0 Å². The van der Waals surface area contributed by atoms with Gasteiger partial charge in [0.15, 0.2) is 0 Å². The molecule has 0 saturated heterocycles. The number of hydrogen-bond acceptors (Lipinski definition) is 1. The SMILES string of the molecule is Fc1ccc(F)c(CNc2ccc(C(F)(F)F)cc2F)c1. The van der Waals surface area contributed by atoms with Crippen molar-refractivity contribution in [2.75, 3.05) is 5.32 Å². The van der Waals surface area contributed by atoms with Crippen molar-refractivity contribution in [1.29, 1.82) is 0 Å². The van der Waals surface area contributed by atoms with Crippen LogP contribution in [0.5, 0.6) is 0 Å². The molecule has 0 saturated carbocycles. The van der Waals surface area contributed by atoms with Crippen LogP contribution in [0.25, 0.3) is 0 Å². The molecule has 0 atom stereocenters. The van der Waals surface area contributed by atoms with Crippen molar-refractivity contribution in [2.45, 2.75) is 12.7 Å². The lowest BCUT2D eigenvalue weighted by Crippen LogP contribution is -2.08. The molecule has 2 aromatic rings. The molecular formula is C14H9F6N. The highest BCUT2D eigenvalue weighted by atomic mass is 19.4. The van der Waals surface area contributed by atoms with Crippen LogP contribution in [0.15, 0.2) is 36.4 Å². The first-order valence-electron chi connectivity index (χ1n) is 5.82. The smallest absolute Gasteiger partial charge is 0.378 e. The van der Waals surface area contributed by atoms with Crippen LogP contribution in [0, 0.1) is 17.5 Å². The Morgan fingerprint density at radius 3 is 2.19 bits per heavy atom. The Bertz CT molecular complexity index is 650. The summed E-state index contributed by atoms with van der Waals surface area (Å²) in [7, 11) is 0. The lowest BCUT2D eigenvalue weighted by atomic mass is 10.1. The summed E-state index contributed by atoms with van der Waals surface area (Å²) in [6.07, 6.45) is -4.64. The Hall–Kier alpha value is -2.18. The van der Waals surface area contributed by atoms with Crippen LogP contribution < -0.4 is 5.32 Å². The number of nitrogens with one attached hydrogen (secondary N) is 1. The third kappa shape index (κ3) is 3.68. The minimum Gasteiger partial charge on any atom is -0.378 e. The van der Waals surface area contributed by atoms with E-state index in [2.05, 4.69) is 5.32 Å². The zero-order chi connectivity index (χ0) is 15.6. The summed E-state index contributed by atoms with van der Waals surface area (Å²) in [6.45, 7) is -0.258. The van der Waals surface area contributed by atoms with Crippen molar-refractivity contribution in [2.24, 2.45) is 0 Å². The molecule has 112 valence electrons. The van der Waals surface area contributed by atoms with E-state index in [0.717, 1.165) is 24.3 Å². The fourth-order valence-electron chi connectivity index (χ4n) is 1.70. The van der Waals surface area contributed by atoms with E-state index in [4.69, 9.17) is 0 Å². The van der Waals surface area contributed by atoms with E-state index in [1.54, 1.807) is 0 Å². The van der Waals surface area contributed by atoms with Gasteiger partial charge in [-0.15, -0.1) is 0 Å². The molecule has 2 aromatic carbocycles. The Morgan fingerprint density at radius 2 is 1.57 bits per heavy atom. The second-order valence-corrected chi connectivity index (χ2v) is 4.28. The van der Waals surface area contributed by atoms with Crippen molar-refractivity contribution in [3.63, 3.8) is 0 Å². The van der Waals surface area contributed by atoms with E-state index in [1.807, 2.05) is 0 Å². The number of anilines is 1. The van der Waals surface area contributed by atoms with Crippen molar-refractivity contribution < 1.29 is 26.3 Å². The Morgan fingerprint density at radius 1 is 0.857 bits per heavy atom.